The van der Waals surface area contributed by atoms with Crippen LogP contribution in [0.4, 0.5) is 11.8 Å². The monoisotopic (exact) mass is 473 g/mol. The fourth-order valence-corrected chi connectivity index (χ4v) is 3.61. The summed E-state index contributed by atoms with van der Waals surface area (Å²) in [4.78, 5) is 7.97. The van der Waals surface area contributed by atoms with Crippen molar-refractivity contribution in [3.63, 3.8) is 0 Å². The summed E-state index contributed by atoms with van der Waals surface area (Å²) in [6.07, 6.45) is 1.85. The summed E-state index contributed by atoms with van der Waals surface area (Å²) < 4.78 is 42.8. The van der Waals surface area contributed by atoms with Gasteiger partial charge < -0.3 is 25.1 Å². The summed E-state index contributed by atoms with van der Waals surface area (Å²) in [5.41, 5.74) is 14.1. The SMILES string of the molecule is CCOc1cc(Cc2cnc(N)nc2N)cc(OS(=O)(=O)N(C)C)c1-c1ccc(OC)cc1. The Kier molecular flexibility index (Phi) is 7.24. The van der Waals surface area contributed by atoms with E-state index in [2.05, 4.69) is 9.97 Å². The Labute approximate surface area is 193 Å². The van der Waals surface area contributed by atoms with Crippen LogP contribution in [0.1, 0.15) is 18.1 Å². The minimum Gasteiger partial charge on any atom is -0.497 e. The number of anilines is 2. The van der Waals surface area contributed by atoms with Crippen LogP contribution in [0.5, 0.6) is 17.2 Å². The Bertz CT molecular complexity index is 1230. The predicted octanol–water partition coefficient (Wildman–Crippen LogP) is 2.49. The zero-order chi connectivity index (χ0) is 24.2. The number of nitrogens with two attached hydrogens (primary N) is 2. The molecule has 1 aromatic heterocycles. The smallest absolute Gasteiger partial charge is 0.384 e. The molecule has 0 bridgehead atoms. The van der Waals surface area contributed by atoms with E-state index in [0.29, 0.717) is 46.8 Å². The van der Waals surface area contributed by atoms with E-state index >= 15 is 0 Å². The highest BCUT2D eigenvalue weighted by atomic mass is 32.2. The fraction of sp³-hybridized carbons (Fsp3) is 0.273. The molecule has 176 valence electrons. The second-order valence-electron chi connectivity index (χ2n) is 7.27. The van der Waals surface area contributed by atoms with Gasteiger partial charge in [0.25, 0.3) is 0 Å². The standard InChI is InChI=1S/C22H27N5O5S/c1-5-31-18-11-14(10-16-13-25-22(24)26-21(16)23)12-19(32-33(28,29)27(2)3)20(18)15-6-8-17(30-4)9-7-15/h6-9,11-13H,5,10H2,1-4H3,(H4,23,24,25,26). The fourth-order valence-electron chi connectivity index (χ4n) is 3.10. The van der Waals surface area contributed by atoms with Gasteiger partial charge in [0.15, 0.2) is 5.75 Å². The van der Waals surface area contributed by atoms with Gasteiger partial charge in [0.1, 0.15) is 17.3 Å². The summed E-state index contributed by atoms with van der Waals surface area (Å²) >= 11 is 0. The maximum atomic E-state index is 12.6. The molecule has 10 nitrogen and oxygen atoms in total. The summed E-state index contributed by atoms with van der Waals surface area (Å²) in [7, 11) is 0.309. The van der Waals surface area contributed by atoms with Crippen molar-refractivity contribution in [2.24, 2.45) is 0 Å². The molecule has 0 atom stereocenters. The Morgan fingerprint density at radius 1 is 1.06 bits per heavy atom. The Morgan fingerprint density at radius 3 is 2.30 bits per heavy atom. The van der Waals surface area contributed by atoms with E-state index < -0.39 is 10.3 Å². The molecule has 0 saturated heterocycles. The minimum atomic E-state index is -4.04. The van der Waals surface area contributed by atoms with Crippen LogP contribution < -0.4 is 25.1 Å². The van der Waals surface area contributed by atoms with Gasteiger partial charge in [-0.05, 0) is 42.3 Å². The molecule has 11 heteroatoms. The molecule has 2 aromatic carbocycles. The van der Waals surface area contributed by atoms with Gasteiger partial charge in [0.2, 0.25) is 5.95 Å². The highest BCUT2D eigenvalue weighted by Gasteiger charge is 2.23. The Hall–Kier alpha value is -3.57. The quantitative estimate of drug-likeness (QED) is 0.479. The van der Waals surface area contributed by atoms with Crippen LogP contribution in [-0.2, 0) is 16.7 Å². The Balaban J connectivity index is 2.18. The van der Waals surface area contributed by atoms with Crippen LogP contribution in [0, 0.1) is 0 Å². The van der Waals surface area contributed by atoms with E-state index in [-0.39, 0.29) is 17.5 Å². The first-order valence-corrected chi connectivity index (χ1v) is 11.4. The van der Waals surface area contributed by atoms with Gasteiger partial charge in [-0.3, -0.25) is 0 Å². The third kappa shape index (κ3) is 5.62. The van der Waals surface area contributed by atoms with Crippen molar-refractivity contribution in [1.82, 2.24) is 14.3 Å². The average Bonchev–Trinajstić information content (AvgIpc) is 2.76. The molecule has 3 rings (SSSR count). The number of hydrogen-bond donors (Lipinski definition) is 2. The number of nitrogens with zero attached hydrogens (tertiary/aromatic N) is 3. The van der Waals surface area contributed by atoms with E-state index in [4.69, 9.17) is 25.1 Å². The first-order chi connectivity index (χ1) is 15.6. The lowest BCUT2D eigenvalue weighted by Gasteiger charge is -2.19. The number of nitrogen functional groups attached to an aromatic ring is 2. The molecule has 0 amide bonds. The number of benzene rings is 2. The lowest BCUT2D eigenvalue weighted by molar-refractivity contribution is 0.340. The van der Waals surface area contributed by atoms with E-state index in [0.717, 1.165) is 4.31 Å². The number of methoxy groups -OCH3 is 1. The van der Waals surface area contributed by atoms with Crippen molar-refractivity contribution >= 4 is 22.1 Å². The predicted molar refractivity (Wildman–Crippen MR) is 126 cm³/mol. The third-order valence-corrected chi connectivity index (χ3v) is 6.04. The van der Waals surface area contributed by atoms with Crippen LogP contribution in [0.3, 0.4) is 0 Å². The van der Waals surface area contributed by atoms with Gasteiger partial charge >= 0.3 is 10.3 Å². The van der Waals surface area contributed by atoms with E-state index in [1.165, 1.54) is 20.3 Å². The lowest BCUT2D eigenvalue weighted by atomic mass is 9.98. The summed E-state index contributed by atoms with van der Waals surface area (Å²) in [6.45, 7) is 2.20. The molecule has 0 fully saturated rings. The molecule has 0 radical (unpaired) electrons. The molecule has 1 heterocycles. The molecule has 4 N–H and O–H groups in total. The van der Waals surface area contributed by atoms with Crippen molar-refractivity contribution < 1.29 is 22.1 Å². The van der Waals surface area contributed by atoms with E-state index in [1.807, 2.05) is 13.0 Å². The number of rotatable bonds is 9. The largest absolute Gasteiger partial charge is 0.497 e. The molecule has 3 aromatic rings. The van der Waals surface area contributed by atoms with Gasteiger partial charge in [-0.15, -0.1) is 0 Å². The number of ether oxygens (including phenoxy) is 2. The molecule has 0 aliphatic rings. The summed E-state index contributed by atoms with van der Waals surface area (Å²) in [5, 5.41) is 0. The van der Waals surface area contributed by atoms with Crippen LogP contribution in [0.25, 0.3) is 11.1 Å². The Morgan fingerprint density at radius 2 is 1.73 bits per heavy atom. The van der Waals surface area contributed by atoms with Gasteiger partial charge in [-0.2, -0.15) is 17.7 Å². The number of hydrogen-bond acceptors (Lipinski definition) is 9. The van der Waals surface area contributed by atoms with E-state index in [9.17, 15) is 8.42 Å². The molecular formula is C22H27N5O5S. The normalized spacial score (nSPS) is 11.4. The van der Waals surface area contributed by atoms with Crippen molar-refractivity contribution in [2.45, 2.75) is 13.3 Å². The van der Waals surface area contributed by atoms with Crippen LogP contribution in [0.15, 0.2) is 42.6 Å². The average molecular weight is 474 g/mol. The zero-order valence-corrected chi connectivity index (χ0v) is 19.7. The van der Waals surface area contributed by atoms with Crippen LogP contribution in [-0.4, -0.2) is 50.5 Å². The topological polar surface area (TPSA) is 143 Å². The minimum absolute atomic E-state index is 0.0715. The molecule has 0 unspecified atom stereocenters. The van der Waals surface area contributed by atoms with Gasteiger partial charge in [0.05, 0.1) is 19.3 Å². The highest BCUT2D eigenvalue weighted by molar-refractivity contribution is 7.84. The maximum Gasteiger partial charge on any atom is 0.384 e. The molecule has 33 heavy (non-hydrogen) atoms. The van der Waals surface area contributed by atoms with E-state index in [1.54, 1.807) is 37.4 Å². The second-order valence-corrected chi connectivity index (χ2v) is 9.02. The third-order valence-electron chi connectivity index (χ3n) is 4.76. The highest BCUT2D eigenvalue weighted by Crippen LogP contribution is 2.41. The molecule has 0 aliphatic heterocycles. The van der Waals surface area contributed by atoms with Crippen LogP contribution >= 0.6 is 0 Å². The van der Waals surface area contributed by atoms with Crippen molar-refractivity contribution in [2.75, 3.05) is 39.3 Å². The van der Waals surface area contributed by atoms with Gasteiger partial charge in [-0.1, -0.05) is 12.1 Å². The van der Waals surface area contributed by atoms with Crippen molar-refractivity contribution in [3.05, 3.63) is 53.7 Å². The first kappa shape index (κ1) is 24.1. The summed E-state index contributed by atoms with van der Waals surface area (Å²) in [5.74, 6) is 1.55. The molecular weight excluding hydrogens is 446 g/mol. The van der Waals surface area contributed by atoms with Gasteiger partial charge in [0, 0.05) is 32.3 Å². The first-order valence-electron chi connectivity index (χ1n) is 10.1. The molecule has 0 saturated carbocycles. The second kappa shape index (κ2) is 9.92. The lowest BCUT2D eigenvalue weighted by Crippen LogP contribution is -2.27. The van der Waals surface area contributed by atoms with Crippen molar-refractivity contribution in [1.29, 1.82) is 0 Å². The number of aromatic nitrogens is 2. The van der Waals surface area contributed by atoms with Crippen LogP contribution in [0.2, 0.25) is 0 Å². The molecule has 0 aliphatic carbocycles. The van der Waals surface area contributed by atoms with Crippen molar-refractivity contribution in [3.8, 4) is 28.4 Å². The maximum absolute atomic E-state index is 12.6. The zero-order valence-electron chi connectivity index (χ0n) is 18.9. The molecule has 0 spiro atoms. The van der Waals surface area contributed by atoms with Gasteiger partial charge in [-0.25, -0.2) is 4.98 Å². The summed E-state index contributed by atoms with van der Waals surface area (Å²) in [6, 6.07) is 10.6.